The minimum absolute atomic E-state index is 0.0679. The molecule has 9 heteroatoms. The van der Waals surface area contributed by atoms with Crippen LogP contribution < -0.4 is 4.90 Å². The average Bonchev–Trinajstić information content (AvgIpc) is 2.87. The van der Waals surface area contributed by atoms with Crippen LogP contribution in [0.25, 0.3) is 0 Å². The van der Waals surface area contributed by atoms with E-state index in [0.29, 0.717) is 12.6 Å². The zero-order chi connectivity index (χ0) is 25.2. The monoisotopic (exact) mass is 483 g/mol. The lowest BCUT2D eigenvalue weighted by atomic mass is 10.00. The molecule has 3 N–H and O–H groups in total. The second-order valence-corrected chi connectivity index (χ2v) is 8.80. The van der Waals surface area contributed by atoms with E-state index in [9.17, 15) is 9.90 Å². The van der Waals surface area contributed by atoms with Crippen molar-refractivity contribution in [2.24, 2.45) is 0 Å². The van der Waals surface area contributed by atoms with Gasteiger partial charge in [0.05, 0.1) is 6.54 Å². The van der Waals surface area contributed by atoms with Crippen LogP contribution >= 0.6 is 0 Å². The number of benzene rings is 2. The normalized spacial score (nSPS) is 17.1. The summed E-state index contributed by atoms with van der Waals surface area (Å²) >= 11 is 0. The van der Waals surface area contributed by atoms with Crippen LogP contribution in [0.2, 0.25) is 0 Å². The van der Waals surface area contributed by atoms with Crippen molar-refractivity contribution in [1.82, 2.24) is 9.80 Å². The number of amides is 1. The fourth-order valence-electron chi connectivity index (χ4n) is 4.60. The molecule has 0 atom stereocenters. The molecule has 0 radical (unpaired) electrons. The number of carbonyl (C=O) groups excluding carboxylic acids is 1. The van der Waals surface area contributed by atoms with Gasteiger partial charge in [0.2, 0.25) is 5.91 Å². The van der Waals surface area contributed by atoms with E-state index in [-0.39, 0.29) is 11.7 Å². The number of aromatic hydroxyl groups is 1. The quantitative estimate of drug-likeness (QED) is 0.555. The van der Waals surface area contributed by atoms with E-state index in [1.165, 1.54) is 32.4 Å². The van der Waals surface area contributed by atoms with Crippen molar-refractivity contribution in [1.29, 1.82) is 0 Å². The number of carboxylic acid groups (broad SMARTS) is 2. The van der Waals surface area contributed by atoms with Crippen LogP contribution in [-0.4, -0.2) is 81.7 Å². The van der Waals surface area contributed by atoms with Crippen LogP contribution in [0.3, 0.4) is 0 Å². The second kappa shape index (κ2) is 12.9. The predicted octanol–water partition coefficient (Wildman–Crippen LogP) is 3.16. The third-order valence-corrected chi connectivity index (χ3v) is 6.38. The van der Waals surface area contributed by atoms with Crippen LogP contribution in [0.1, 0.15) is 32.1 Å². The maximum Gasteiger partial charge on any atom is 0.414 e. The lowest BCUT2D eigenvalue weighted by Crippen LogP contribution is -2.48. The highest BCUT2D eigenvalue weighted by atomic mass is 16.4. The Bertz CT molecular complexity index is 956. The minimum Gasteiger partial charge on any atom is -0.508 e. The van der Waals surface area contributed by atoms with E-state index in [1.807, 2.05) is 30.3 Å². The van der Waals surface area contributed by atoms with Gasteiger partial charge in [0.15, 0.2) is 0 Å². The highest BCUT2D eigenvalue weighted by Crippen LogP contribution is 2.28. The zero-order valence-corrected chi connectivity index (χ0v) is 19.8. The topological polar surface area (TPSA) is 122 Å². The molecule has 1 amide bonds. The molecule has 2 fully saturated rings. The number of hydrogen-bond donors (Lipinski definition) is 3. The van der Waals surface area contributed by atoms with Crippen LogP contribution in [0.5, 0.6) is 5.75 Å². The van der Waals surface area contributed by atoms with Gasteiger partial charge >= 0.3 is 11.9 Å². The predicted molar refractivity (Wildman–Crippen MR) is 132 cm³/mol. The van der Waals surface area contributed by atoms with Gasteiger partial charge in [0, 0.05) is 30.5 Å². The van der Waals surface area contributed by atoms with Crippen molar-refractivity contribution in [3.05, 3.63) is 54.6 Å². The Hall–Kier alpha value is -3.43. The number of piperidine rings is 2. The molecule has 2 aliphatic rings. The van der Waals surface area contributed by atoms with E-state index < -0.39 is 11.9 Å². The van der Waals surface area contributed by atoms with E-state index in [4.69, 9.17) is 19.8 Å². The Kier molecular flexibility index (Phi) is 9.63. The smallest absolute Gasteiger partial charge is 0.414 e. The molecule has 2 saturated heterocycles. The summed E-state index contributed by atoms with van der Waals surface area (Å²) in [5, 5.41) is 24.4. The Labute approximate surface area is 205 Å². The summed E-state index contributed by atoms with van der Waals surface area (Å²) in [6.07, 6.45) is 6.33. The summed E-state index contributed by atoms with van der Waals surface area (Å²) in [7, 11) is 0. The number of phenolic OH excluding ortho intramolecular Hbond substituents is 1. The van der Waals surface area contributed by atoms with E-state index in [1.54, 1.807) is 29.2 Å². The van der Waals surface area contributed by atoms with Gasteiger partial charge in [-0.1, -0.05) is 24.6 Å². The molecule has 2 aromatic carbocycles. The van der Waals surface area contributed by atoms with Crippen LogP contribution in [0.15, 0.2) is 54.6 Å². The Morgan fingerprint density at radius 3 is 1.86 bits per heavy atom. The number of rotatable bonds is 5. The molecule has 0 aromatic heterocycles. The lowest BCUT2D eigenvalue weighted by molar-refractivity contribution is -0.159. The van der Waals surface area contributed by atoms with Crippen molar-refractivity contribution < 1.29 is 29.7 Å². The third-order valence-electron chi connectivity index (χ3n) is 6.38. The third kappa shape index (κ3) is 7.80. The number of likely N-dealkylation sites (tertiary alicyclic amines) is 2. The molecule has 188 valence electrons. The SMILES string of the molecule is O=C(CN1CCC(N2CCCCC2)CC1)N(c1ccccc1)c1ccc(O)cc1.O=C(O)C(=O)O. The summed E-state index contributed by atoms with van der Waals surface area (Å²) in [5.74, 6) is -3.38. The highest BCUT2D eigenvalue weighted by molar-refractivity contribution is 6.27. The molecule has 4 rings (SSSR count). The van der Waals surface area contributed by atoms with Gasteiger partial charge in [-0.05, 0) is 75.2 Å². The van der Waals surface area contributed by atoms with Gasteiger partial charge in [-0.25, -0.2) is 9.59 Å². The Morgan fingerprint density at radius 1 is 0.771 bits per heavy atom. The number of para-hydroxylation sites is 1. The summed E-state index contributed by atoms with van der Waals surface area (Å²) < 4.78 is 0. The number of aliphatic carboxylic acids is 2. The molecule has 0 saturated carbocycles. The first-order valence-corrected chi connectivity index (χ1v) is 11.9. The van der Waals surface area contributed by atoms with Crippen LogP contribution in [-0.2, 0) is 14.4 Å². The van der Waals surface area contributed by atoms with Crippen LogP contribution in [0.4, 0.5) is 11.4 Å². The average molecular weight is 484 g/mol. The largest absolute Gasteiger partial charge is 0.508 e. The van der Waals surface area contributed by atoms with Crippen LogP contribution in [0, 0.1) is 0 Å². The highest BCUT2D eigenvalue weighted by Gasteiger charge is 2.28. The van der Waals surface area contributed by atoms with Crippen molar-refractivity contribution in [3.63, 3.8) is 0 Å². The molecule has 35 heavy (non-hydrogen) atoms. The standard InChI is InChI=1S/C24H31N3O2.C2H2O4/c28-23-11-9-22(10-12-23)27(21-7-3-1-4-8-21)24(29)19-25-17-13-20(14-18-25)26-15-5-2-6-16-26;3-1(4)2(5)6/h1,3-4,7-12,20,28H,2,5-6,13-19H2;(H,3,4)(H,5,6). The summed E-state index contributed by atoms with van der Waals surface area (Å²) in [5.41, 5.74) is 1.63. The minimum atomic E-state index is -1.82. The van der Waals surface area contributed by atoms with Gasteiger partial charge in [-0.3, -0.25) is 14.6 Å². The summed E-state index contributed by atoms with van der Waals surface area (Å²) in [6.45, 7) is 4.86. The van der Waals surface area contributed by atoms with Gasteiger partial charge < -0.3 is 20.2 Å². The first-order valence-electron chi connectivity index (χ1n) is 11.9. The van der Waals surface area contributed by atoms with Gasteiger partial charge in [-0.2, -0.15) is 0 Å². The zero-order valence-electron chi connectivity index (χ0n) is 19.8. The van der Waals surface area contributed by atoms with Crippen molar-refractivity contribution in [2.45, 2.75) is 38.1 Å². The Balaban J connectivity index is 0.000000509. The van der Waals surface area contributed by atoms with E-state index >= 15 is 0 Å². The first kappa shape index (κ1) is 26.2. The van der Waals surface area contributed by atoms with Crippen molar-refractivity contribution in [3.8, 4) is 5.75 Å². The van der Waals surface area contributed by atoms with Gasteiger partial charge in [0.1, 0.15) is 5.75 Å². The molecular formula is C26H33N3O6. The van der Waals surface area contributed by atoms with E-state index in [2.05, 4.69) is 9.80 Å². The number of nitrogens with zero attached hydrogens (tertiary/aromatic N) is 3. The molecule has 0 spiro atoms. The molecule has 2 heterocycles. The van der Waals surface area contributed by atoms with Crippen molar-refractivity contribution >= 4 is 29.2 Å². The number of carboxylic acids is 2. The van der Waals surface area contributed by atoms with Crippen molar-refractivity contribution in [2.75, 3.05) is 37.6 Å². The lowest BCUT2D eigenvalue weighted by Gasteiger charge is -2.40. The maximum atomic E-state index is 13.3. The van der Waals surface area contributed by atoms with E-state index in [0.717, 1.165) is 37.3 Å². The summed E-state index contributed by atoms with van der Waals surface area (Å²) in [4.78, 5) is 38.2. The fraction of sp³-hybridized carbons (Fsp3) is 0.423. The number of anilines is 2. The molecule has 0 aliphatic carbocycles. The first-order chi connectivity index (χ1) is 16.8. The number of hydrogen-bond acceptors (Lipinski definition) is 6. The molecule has 2 aromatic rings. The molecule has 9 nitrogen and oxygen atoms in total. The van der Waals surface area contributed by atoms with Gasteiger partial charge in [-0.15, -0.1) is 0 Å². The summed E-state index contributed by atoms with van der Waals surface area (Å²) in [6, 6.07) is 17.3. The molecule has 2 aliphatic heterocycles. The molecular weight excluding hydrogens is 450 g/mol. The number of phenols is 1. The molecule has 0 bridgehead atoms. The Morgan fingerprint density at radius 2 is 1.31 bits per heavy atom. The number of carbonyl (C=O) groups is 3. The second-order valence-electron chi connectivity index (χ2n) is 8.80. The fourth-order valence-corrected chi connectivity index (χ4v) is 4.60. The maximum absolute atomic E-state index is 13.3. The molecule has 0 unspecified atom stereocenters. The van der Waals surface area contributed by atoms with Gasteiger partial charge in [0.25, 0.3) is 0 Å².